The molecule has 100 valence electrons. The lowest BCUT2D eigenvalue weighted by Crippen LogP contribution is -2.53. The van der Waals surface area contributed by atoms with Crippen molar-refractivity contribution >= 4 is 0 Å². The van der Waals surface area contributed by atoms with E-state index in [0.29, 0.717) is 30.2 Å². The molecule has 0 spiro atoms. The number of nitrogens with one attached hydrogen (secondary N) is 1. The highest BCUT2D eigenvalue weighted by molar-refractivity contribution is 4.89. The predicted octanol–water partition coefficient (Wildman–Crippen LogP) is 1.87. The Labute approximate surface area is 106 Å². The van der Waals surface area contributed by atoms with Crippen molar-refractivity contribution < 1.29 is 4.74 Å². The molecule has 0 radical (unpaired) electrons. The van der Waals surface area contributed by atoms with E-state index in [4.69, 9.17) is 4.74 Å². The highest BCUT2D eigenvalue weighted by atomic mass is 16.5. The van der Waals surface area contributed by atoms with Crippen LogP contribution < -0.4 is 5.32 Å². The molecular formula is C14H28N2O. The summed E-state index contributed by atoms with van der Waals surface area (Å²) in [6.45, 7) is 12.5. The lowest BCUT2D eigenvalue weighted by molar-refractivity contribution is -0.0587. The molecule has 2 fully saturated rings. The topological polar surface area (TPSA) is 24.5 Å². The number of likely N-dealkylation sites (tertiary alicyclic amines) is 1. The summed E-state index contributed by atoms with van der Waals surface area (Å²) >= 11 is 0. The van der Waals surface area contributed by atoms with Crippen LogP contribution in [-0.4, -0.2) is 48.8 Å². The Hall–Kier alpha value is -0.120. The Morgan fingerprint density at radius 2 is 1.71 bits per heavy atom. The molecule has 2 aliphatic heterocycles. The molecule has 3 heteroatoms. The largest absolute Gasteiger partial charge is 0.372 e. The highest BCUT2D eigenvalue weighted by Crippen LogP contribution is 2.28. The maximum absolute atomic E-state index is 5.92. The second-order valence-electron chi connectivity index (χ2n) is 6.29. The molecule has 0 aromatic rings. The van der Waals surface area contributed by atoms with Crippen LogP contribution in [-0.2, 0) is 4.74 Å². The molecule has 17 heavy (non-hydrogen) atoms. The second kappa shape index (κ2) is 5.68. The lowest BCUT2D eigenvalue weighted by atomic mass is 10.0. The third-order valence-electron chi connectivity index (χ3n) is 4.05. The van der Waals surface area contributed by atoms with Crippen LogP contribution in [0.5, 0.6) is 0 Å². The molecule has 3 atom stereocenters. The van der Waals surface area contributed by atoms with Crippen LogP contribution >= 0.6 is 0 Å². The van der Waals surface area contributed by atoms with Crippen LogP contribution in [0.3, 0.4) is 0 Å². The molecule has 2 saturated heterocycles. The van der Waals surface area contributed by atoms with Gasteiger partial charge >= 0.3 is 0 Å². The molecule has 0 aliphatic carbocycles. The van der Waals surface area contributed by atoms with Crippen LogP contribution in [0.25, 0.3) is 0 Å². The van der Waals surface area contributed by atoms with Crippen molar-refractivity contribution in [3.05, 3.63) is 0 Å². The van der Waals surface area contributed by atoms with E-state index in [1.807, 2.05) is 0 Å². The van der Waals surface area contributed by atoms with Crippen LogP contribution in [0, 0.1) is 5.92 Å². The zero-order valence-corrected chi connectivity index (χ0v) is 11.8. The minimum atomic E-state index is 0.508. The van der Waals surface area contributed by atoms with Gasteiger partial charge in [-0.05, 0) is 18.8 Å². The third kappa shape index (κ3) is 3.43. The predicted molar refractivity (Wildman–Crippen MR) is 71.2 cm³/mol. The standard InChI is InChI=1S/C14H28N2O/c1-10(2)14(7-15-11(3)4)16-8-12-5-6-13(9-16)17-12/h10-15H,5-9H2,1-4H3. The Morgan fingerprint density at radius 3 is 2.18 bits per heavy atom. The van der Waals surface area contributed by atoms with Gasteiger partial charge in [-0.1, -0.05) is 27.7 Å². The van der Waals surface area contributed by atoms with Gasteiger partial charge in [-0.25, -0.2) is 0 Å². The van der Waals surface area contributed by atoms with Crippen molar-refractivity contribution in [2.24, 2.45) is 5.92 Å². The van der Waals surface area contributed by atoms with Gasteiger partial charge in [0.1, 0.15) is 0 Å². The summed E-state index contributed by atoms with van der Waals surface area (Å²) in [5.41, 5.74) is 0. The molecular weight excluding hydrogens is 212 g/mol. The smallest absolute Gasteiger partial charge is 0.0707 e. The van der Waals surface area contributed by atoms with Crippen molar-refractivity contribution in [3.63, 3.8) is 0 Å². The molecule has 3 unspecified atom stereocenters. The SMILES string of the molecule is CC(C)NCC(C(C)C)N1CC2CCC(C1)O2. The fraction of sp³-hybridized carbons (Fsp3) is 1.00. The molecule has 1 N–H and O–H groups in total. The summed E-state index contributed by atoms with van der Waals surface area (Å²) in [5, 5.41) is 3.59. The number of morpholine rings is 1. The quantitative estimate of drug-likeness (QED) is 0.794. The van der Waals surface area contributed by atoms with Crippen LogP contribution in [0.1, 0.15) is 40.5 Å². The normalized spacial score (nSPS) is 31.4. The van der Waals surface area contributed by atoms with E-state index < -0.39 is 0 Å². The van der Waals surface area contributed by atoms with Gasteiger partial charge in [0.2, 0.25) is 0 Å². The molecule has 3 nitrogen and oxygen atoms in total. The summed E-state index contributed by atoms with van der Waals surface area (Å²) in [7, 11) is 0. The van der Waals surface area contributed by atoms with E-state index in [2.05, 4.69) is 37.9 Å². The van der Waals surface area contributed by atoms with Gasteiger partial charge in [0.05, 0.1) is 12.2 Å². The first-order valence-corrected chi connectivity index (χ1v) is 7.19. The van der Waals surface area contributed by atoms with Crippen molar-refractivity contribution in [1.82, 2.24) is 10.2 Å². The van der Waals surface area contributed by atoms with Crippen LogP contribution in [0.15, 0.2) is 0 Å². The number of hydrogen-bond donors (Lipinski definition) is 1. The first-order chi connectivity index (χ1) is 8.06. The van der Waals surface area contributed by atoms with Gasteiger partial charge in [-0.15, -0.1) is 0 Å². The Bertz CT molecular complexity index is 230. The molecule has 0 aromatic carbocycles. The molecule has 0 saturated carbocycles. The molecule has 0 amide bonds. The molecule has 2 heterocycles. The van der Waals surface area contributed by atoms with E-state index in [0.717, 1.165) is 19.6 Å². The molecule has 2 bridgehead atoms. The van der Waals surface area contributed by atoms with Gasteiger partial charge in [0.25, 0.3) is 0 Å². The average Bonchev–Trinajstić information content (AvgIpc) is 2.57. The number of hydrogen-bond acceptors (Lipinski definition) is 3. The number of nitrogens with zero attached hydrogens (tertiary/aromatic N) is 1. The zero-order valence-electron chi connectivity index (χ0n) is 11.8. The summed E-state index contributed by atoms with van der Waals surface area (Å²) in [6.07, 6.45) is 3.55. The van der Waals surface area contributed by atoms with Crippen molar-refractivity contribution in [2.75, 3.05) is 19.6 Å². The first-order valence-electron chi connectivity index (χ1n) is 7.19. The van der Waals surface area contributed by atoms with Gasteiger partial charge < -0.3 is 10.1 Å². The van der Waals surface area contributed by atoms with Crippen LogP contribution in [0.4, 0.5) is 0 Å². The Kier molecular flexibility index (Phi) is 4.45. The first kappa shape index (κ1) is 13.3. The summed E-state index contributed by atoms with van der Waals surface area (Å²) in [6, 6.07) is 1.23. The summed E-state index contributed by atoms with van der Waals surface area (Å²) < 4.78 is 5.92. The average molecular weight is 240 g/mol. The van der Waals surface area contributed by atoms with Crippen LogP contribution in [0.2, 0.25) is 0 Å². The van der Waals surface area contributed by atoms with Crippen molar-refractivity contribution in [2.45, 2.75) is 64.8 Å². The molecule has 2 rings (SSSR count). The lowest BCUT2D eigenvalue weighted by Gasteiger charge is -2.40. The monoisotopic (exact) mass is 240 g/mol. The third-order valence-corrected chi connectivity index (χ3v) is 4.05. The number of rotatable bonds is 5. The molecule has 0 aromatic heterocycles. The van der Waals surface area contributed by atoms with E-state index in [1.54, 1.807) is 0 Å². The van der Waals surface area contributed by atoms with Crippen molar-refractivity contribution in [1.29, 1.82) is 0 Å². The number of fused-ring (bicyclic) bond motifs is 2. The van der Waals surface area contributed by atoms with Crippen molar-refractivity contribution in [3.8, 4) is 0 Å². The maximum atomic E-state index is 5.92. The minimum Gasteiger partial charge on any atom is -0.372 e. The van der Waals surface area contributed by atoms with E-state index in [-0.39, 0.29) is 0 Å². The zero-order chi connectivity index (χ0) is 12.4. The summed E-state index contributed by atoms with van der Waals surface area (Å²) in [4.78, 5) is 2.66. The van der Waals surface area contributed by atoms with Gasteiger partial charge in [-0.2, -0.15) is 0 Å². The number of ether oxygens (including phenoxy) is 1. The minimum absolute atomic E-state index is 0.508. The second-order valence-corrected chi connectivity index (χ2v) is 6.29. The van der Waals surface area contributed by atoms with Gasteiger partial charge in [0, 0.05) is 31.7 Å². The Morgan fingerprint density at radius 1 is 1.12 bits per heavy atom. The highest BCUT2D eigenvalue weighted by Gasteiger charge is 2.37. The van der Waals surface area contributed by atoms with E-state index in [9.17, 15) is 0 Å². The fourth-order valence-corrected chi connectivity index (χ4v) is 3.06. The van der Waals surface area contributed by atoms with Gasteiger partial charge in [0.15, 0.2) is 0 Å². The Balaban J connectivity index is 1.91. The molecule has 2 aliphatic rings. The summed E-state index contributed by atoms with van der Waals surface area (Å²) in [5.74, 6) is 0.707. The van der Waals surface area contributed by atoms with E-state index in [1.165, 1.54) is 12.8 Å². The fourth-order valence-electron chi connectivity index (χ4n) is 3.06. The maximum Gasteiger partial charge on any atom is 0.0707 e. The van der Waals surface area contributed by atoms with E-state index >= 15 is 0 Å². The van der Waals surface area contributed by atoms with Gasteiger partial charge in [-0.3, -0.25) is 4.90 Å².